The van der Waals surface area contributed by atoms with Crippen LogP contribution in [-0.4, -0.2) is 42.9 Å². The van der Waals surface area contributed by atoms with Gasteiger partial charge >= 0.3 is 0 Å². The van der Waals surface area contributed by atoms with Crippen LogP contribution in [-0.2, 0) is 0 Å². The molecule has 4 heteroatoms. The molecule has 3 nitrogen and oxygen atoms in total. The van der Waals surface area contributed by atoms with Gasteiger partial charge in [0.15, 0.2) is 0 Å². The maximum absolute atomic E-state index is 12.6. The summed E-state index contributed by atoms with van der Waals surface area (Å²) in [6.07, 6.45) is 1.45. The lowest BCUT2D eigenvalue weighted by Gasteiger charge is -2.17. The summed E-state index contributed by atoms with van der Waals surface area (Å²) in [4.78, 5) is 2.17. The maximum Gasteiger partial charge on any atom is 0.123 e. The highest BCUT2D eigenvalue weighted by Gasteiger charge is 2.01. The maximum atomic E-state index is 12.6. The Morgan fingerprint density at radius 1 is 1.28 bits per heavy atom. The van der Waals surface area contributed by atoms with Crippen molar-refractivity contribution in [3.63, 3.8) is 0 Å². The van der Waals surface area contributed by atoms with Crippen molar-refractivity contribution in [2.24, 2.45) is 0 Å². The molecule has 18 heavy (non-hydrogen) atoms. The molecule has 0 amide bonds. The van der Waals surface area contributed by atoms with E-state index in [4.69, 9.17) is 9.84 Å². The summed E-state index contributed by atoms with van der Waals surface area (Å²) in [5, 5.41) is 9.16. The van der Waals surface area contributed by atoms with Gasteiger partial charge in [-0.3, -0.25) is 0 Å². The van der Waals surface area contributed by atoms with Crippen LogP contribution in [0.25, 0.3) is 0 Å². The molecule has 1 aromatic rings. The second-order valence-electron chi connectivity index (χ2n) is 4.60. The van der Waals surface area contributed by atoms with Crippen molar-refractivity contribution in [1.82, 2.24) is 4.90 Å². The summed E-state index contributed by atoms with van der Waals surface area (Å²) in [5.74, 6) is 0.447. The number of rotatable bonds is 8. The van der Waals surface area contributed by atoms with Crippen molar-refractivity contribution in [3.8, 4) is 5.75 Å². The topological polar surface area (TPSA) is 32.7 Å². The molecule has 0 saturated heterocycles. The van der Waals surface area contributed by atoms with E-state index in [1.54, 1.807) is 19.1 Å². The molecule has 1 aromatic carbocycles. The van der Waals surface area contributed by atoms with Crippen LogP contribution in [0, 0.1) is 5.82 Å². The number of hydrogen-bond donors (Lipinski definition) is 1. The van der Waals surface area contributed by atoms with Crippen LogP contribution in [0.2, 0.25) is 0 Å². The molecule has 0 aliphatic carbocycles. The van der Waals surface area contributed by atoms with Crippen LogP contribution >= 0.6 is 0 Å². The summed E-state index contributed by atoms with van der Waals surface area (Å²) in [5.41, 5.74) is 0. The fraction of sp³-hybridized carbons (Fsp3) is 0.571. The molecule has 1 N–H and O–H groups in total. The van der Waals surface area contributed by atoms with Gasteiger partial charge in [0.25, 0.3) is 0 Å². The molecular formula is C14H22FNO2. The molecule has 0 spiro atoms. The zero-order chi connectivity index (χ0) is 13.4. The molecule has 0 aromatic heterocycles. The van der Waals surface area contributed by atoms with E-state index < -0.39 is 0 Å². The lowest BCUT2D eigenvalue weighted by Crippen LogP contribution is -2.24. The molecule has 0 heterocycles. The van der Waals surface area contributed by atoms with E-state index >= 15 is 0 Å². The second kappa shape index (κ2) is 8.06. The van der Waals surface area contributed by atoms with Crippen molar-refractivity contribution in [2.75, 3.05) is 26.7 Å². The quantitative estimate of drug-likeness (QED) is 0.723. The summed E-state index contributed by atoms with van der Waals surface area (Å²) >= 11 is 0. The Kier molecular flexibility index (Phi) is 6.68. The minimum absolute atomic E-state index is 0.247. The number of aliphatic hydroxyl groups is 1. The molecule has 0 bridgehead atoms. The van der Waals surface area contributed by atoms with E-state index in [-0.39, 0.29) is 11.9 Å². The largest absolute Gasteiger partial charge is 0.494 e. The van der Waals surface area contributed by atoms with Crippen LogP contribution in [0.5, 0.6) is 5.75 Å². The second-order valence-corrected chi connectivity index (χ2v) is 4.60. The van der Waals surface area contributed by atoms with Gasteiger partial charge in [-0.15, -0.1) is 0 Å². The average molecular weight is 255 g/mol. The molecule has 0 saturated carbocycles. The monoisotopic (exact) mass is 255 g/mol. The molecule has 1 unspecified atom stereocenters. The lowest BCUT2D eigenvalue weighted by molar-refractivity contribution is 0.162. The van der Waals surface area contributed by atoms with Gasteiger partial charge in [-0.1, -0.05) is 0 Å². The SMILES string of the molecule is CC(O)CCN(C)CCCOc1ccc(F)cc1. The van der Waals surface area contributed by atoms with Gasteiger partial charge in [0.1, 0.15) is 11.6 Å². The van der Waals surface area contributed by atoms with Gasteiger partial charge in [0.2, 0.25) is 0 Å². The molecule has 0 radical (unpaired) electrons. The highest BCUT2D eigenvalue weighted by atomic mass is 19.1. The van der Waals surface area contributed by atoms with Crippen molar-refractivity contribution in [1.29, 1.82) is 0 Å². The number of nitrogens with zero attached hydrogens (tertiary/aromatic N) is 1. The smallest absolute Gasteiger partial charge is 0.123 e. The van der Waals surface area contributed by atoms with Gasteiger partial charge in [0, 0.05) is 13.1 Å². The van der Waals surface area contributed by atoms with Crippen LogP contribution in [0.15, 0.2) is 24.3 Å². The van der Waals surface area contributed by atoms with Crippen LogP contribution in [0.1, 0.15) is 19.8 Å². The van der Waals surface area contributed by atoms with Crippen LogP contribution in [0.4, 0.5) is 4.39 Å². The minimum atomic E-state index is -0.250. The third-order valence-electron chi connectivity index (χ3n) is 2.70. The first-order valence-electron chi connectivity index (χ1n) is 6.33. The van der Waals surface area contributed by atoms with Crippen LogP contribution < -0.4 is 4.74 Å². The van der Waals surface area contributed by atoms with Crippen molar-refractivity contribution >= 4 is 0 Å². The highest BCUT2D eigenvalue weighted by molar-refractivity contribution is 5.21. The summed E-state index contributed by atoms with van der Waals surface area (Å²) in [6, 6.07) is 6.05. The molecule has 0 fully saturated rings. The Morgan fingerprint density at radius 3 is 2.56 bits per heavy atom. The summed E-state index contributed by atoms with van der Waals surface area (Å²) < 4.78 is 18.1. The third-order valence-corrected chi connectivity index (χ3v) is 2.70. The van der Waals surface area contributed by atoms with E-state index in [2.05, 4.69) is 4.90 Å². The Labute approximate surface area is 108 Å². The minimum Gasteiger partial charge on any atom is -0.494 e. The molecule has 0 aliphatic heterocycles. The van der Waals surface area contributed by atoms with Crippen molar-refractivity contribution < 1.29 is 14.2 Å². The molecule has 0 aliphatic rings. The first-order valence-corrected chi connectivity index (χ1v) is 6.33. The van der Waals surface area contributed by atoms with Gasteiger partial charge in [-0.05, 0) is 51.1 Å². The van der Waals surface area contributed by atoms with Crippen molar-refractivity contribution in [2.45, 2.75) is 25.9 Å². The van der Waals surface area contributed by atoms with E-state index in [1.165, 1.54) is 12.1 Å². The van der Waals surface area contributed by atoms with Gasteiger partial charge in [-0.2, -0.15) is 0 Å². The standard InChI is InChI=1S/C14H22FNO2/c1-12(17)8-10-16(2)9-3-11-18-14-6-4-13(15)5-7-14/h4-7,12,17H,3,8-11H2,1-2H3. The lowest BCUT2D eigenvalue weighted by atomic mass is 10.2. The number of benzene rings is 1. The Balaban J connectivity index is 2.09. The Bertz CT molecular complexity index is 327. The first kappa shape index (κ1) is 14.9. The molecule has 1 rings (SSSR count). The highest BCUT2D eigenvalue weighted by Crippen LogP contribution is 2.11. The first-order chi connectivity index (χ1) is 8.58. The number of ether oxygens (including phenoxy) is 1. The van der Waals surface area contributed by atoms with E-state index in [0.29, 0.717) is 12.4 Å². The predicted octanol–water partition coefficient (Wildman–Crippen LogP) is 2.30. The molecule has 1 atom stereocenters. The van der Waals surface area contributed by atoms with E-state index in [9.17, 15) is 4.39 Å². The normalized spacial score (nSPS) is 12.7. The predicted molar refractivity (Wildman–Crippen MR) is 70.3 cm³/mol. The third kappa shape index (κ3) is 6.57. The number of halogens is 1. The Morgan fingerprint density at radius 2 is 1.94 bits per heavy atom. The van der Waals surface area contributed by atoms with Gasteiger partial charge < -0.3 is 14.7 Å². The van der Waals surface area contributed by atoms with E-state index in [1.807, 2.05) is 7.05 Å². The van der Waals surface area contributed by atoms with Gasteiger partial charge in [-0.25, -0.2) is 4.39 Å². The summed E-state index contributed by atoms with van der Waals surface area (Å²) in [6.45, 7) is 4.22. The van der Waals surface area contributed by atoms with E-state index in [0.717, 1.165) is 25.9 Å². The molecular weight excluding hydrogens is 233 g/mol. The molecule has 102 valence electrons. The Hall–Kier alpha value is -1.13. The number of aliphatic hydroxyl groups excluding tert-OH is 1. The summed E-state index contributed by atoms with van der Waals surface area (Å²) in [7, 11) is 2.03. The fourth-order valence-corrected chi connectivity index (χ4v) is 1.57. The fourth-order valence-electron chi connectivity index (χ4n) is 1.57. The van der Waals surface area contributed by atoms with Crippen molar-refractivity contribution in [3.05, 3.63) is 30.1 Å². The van der Waals surface area contributed by atoms with Crippen LogP contribution in [0.3, 0.4) is 0 Å². The zero-order valence-corrected chi connectivity index (χ0v) is 11.1. The zero-order valence-electron chi connectivity index (χ0n) is 11.1. The van der Waals surface area contributed by atoms with Gasteiger partial charge in [0.05, 0.1) is 12.7 Å². The average Bonchev–Trinajstić information content (AvgIpc) is 2.34. The number of hydrogen-bond acceptors (Lipinski definition) is 3.